The van der Waals surface area contributed by atoms with Crippen molar-refractivity contribution in [3.05, 3.63) is 36.9 Å². The molecule has 2 rings (SSSR count). The monoisotopic (exact) mass is 229 g/mol. The number of anilines is 1. The van der Waals surface area contributed by atoms with Gasteiger partial charge in [-0.2, -0.15) is 6.61 Å². The fraction of sp³-hybridized carbons (Fsp3) is 0.182. The zero-order valence-corrected chi connectivity index (χ0v) is 9.57. The molecule has 17 heavy (non-hydrogen) atoms. The van der Waals surface area contributed by atoms with Crippen LogP contribution in [0.5, 0.6) is 0 Å². The second-order valence-corrected chi connectivity index (χ2v) is 2.92. The van der Waals surface area contributed by atoms with E-state index in [-0.39, 0.29) is 31.2 Å². The van der Waals surface area contributed by atoms with E-state index in [4.69, 9.17) is 14.6 Å². The molecular weight excluding hydrogens is 217 g/mol. The van der Waals surface area contributed by atoms with Crippen molar-refractivity contribution < 1.29 is 38.3 Å². The molecule has 1 aromatic carbocycles. The Hall–Kier alpha value is -1.41. The van der Waals surface area contributed by atoms with Gasteiger partial charge >= 0.3 is 18.9 Å². The summed E-state index contributed by atoms with van der Waals surface area (Å²) in [5.41, 5.74) is 0.923. The predicted octanol–water partition coefficient (Wildman–Crippen LogP) is -2.08. The van der Waals surface area contributed by atoms with Gasteiger partial charge in [0.1, 0.15) is 5.91 Å². The summed E-state index contributed by atoms with van der Waals surface area (Å²) in [6, 6.07) is 9.59. The molecule has 0 radical (unpaired) electrons. The van der Waals surface area contributed by atoms with Gasteiger partial charge < -0.3 is 19.5 Å². The van der Waals surface area contributed by atoms with Gasteiger partial charge in [-0.05, 0) is 12.1 Å². The van der Waals surface area contributed by atoms with Gasteiger partial charge in [0.05, 0.1) is 0 Å². The van der Waals surface area contributed by atoms with Crippen molar-refractivity contribution in [2.75, 3.05) is 18.1 Å². The van der Waals surface area contributed by atoms with E-state index < -0.39 is 0 Å². The van der Waals surface area contributed by atoms with Gasteiger partial charge in [-0.3, -0.25) is 4.79 Å². The van der Waals surface area contributed by atoms with Crippen molar-refractivity contribution >= 4 is 18.1 Å². The minimum Gasteiger partial charge on any atom is -0.523 e. The third-order valence-electron chi connectivity index (χ3n) is 1.95. The standard InChI is InChI=1S/C10H10NO2.CH2O2.Li/c12-10-8-13-7-6-11(10)9-4-2-1-3-5-9;2-1-3;/h1-5,8H,6-7H2;1H,(H,2,3);/q-1;;+1. The summed E-state index contributed by atoms with van der Waals surface area (Å²) in [6.45, 7) is 2.20. The number of amides is 1. The molecule has 6 heteroatoms. The number of rotatable bonds is 1. The van der Waals surface area contributed by atoms with E-state index in [1.165, 1.54) is 6.61 Å². The normalized spacial score (nSPS) is 13.6. The van der Waals surface area contributed by atoms with Crippen LogP contribution in [0.2, 0.25) is 0 Å². The first-order valence-electron chi connectivity index (χ1n) is 4.69. The summed E-state index contributed by atoms with van der Waals surface area (Å²) >= 11 is 0. The van der Waals surface area contributed by atoms with Crippen LogP contribution in [0.1, 0.15) is 0 Å². The van der Waals surface area contributed by atoms with Gasteiger partial charge in [0.25, 0.3) is 6.47 Å². The average molecular weight is 229 g/mol. The molecule has 1 fully saturated rings. The maximum atomic E-state index is 11.3. The average Bonchev–Trinajstić information content (AvgIpc) is 2.32. The van der Waals surface area contributed by atoms with Crippen LogP contribution in [0.25, 0.3) is 0 Å². The molecule has 0 atom stereocenters. The summed E-state index contributed by atoms with van der Waals surface area (Å²) in [6.07, 6.45) is 0. The number of carbonyl (C=O) groups is 2. The molecule has 5 nitrogen and oxygen atoms in total. The summed E-state index contributed by atoms with van der Waals surface area (Å²) in [4.78, 5) is 21.4. The van der Waals surface area contributed by atoms with Crippen LogP contribution in [-0.4, -0.2) is 30.6 Å². The van der Waals surface area contributed by atoms with Crippen LogP contribution in [0.4, 0.5) is 5.69 Å². The van der Waals surface area contributed by atoms with Gasteiger partial charge in [0.15, 0.2) is 0 Å². The Kier molecular flexibility index (Phi) is 7.98. The Morgan fingerprint density at radius 1 is 1.35 bits per heavy atom. The SMILES string of the molecule is O=C1[CH-]OCCN1c1ccccc1.O=CO.[Li+]. The molecule has 0 aliphatic carbocycles. The van der Waals surface area contributed by atoms with Crippen LogP contribution >= 0.6 is 0 Å². The number of hydrogen-bond donors (Lipinski definition) is 1. The summed E-state index contributed by atoms with van der Waals surface area (Å²) in [5.74, 6) is -0.0857. The Morgan fingerprint density at radius 2 is 1.94 bits per heavy atom. The van der Waals surface area contributed by atoms with E-state index in [2.05, 4.69) is 0 Å². The number of ether oxygens (including phenoxy) is 1. The van der Waals surface area contributed by atoms with Crippen LogP contribution in [0.15, 0.2) is 30.3 Å². The third kappa shape index (κ3) is 4.96. The minimum atomic E-state index is -0.250. The predicted molar refractivity (Wildman–Crippen MR) is 57.7 cm³/mol. The molecule has 1 aromatic rings. The fourth-order valence-corrected chi connectivity index (χ4v) is 1.31. The van der Waals surface area contributed by atoms with Gasteiger partial charge in [-0.15, -0.1) is 0 Å². The molecule has 1 N–H and O–H groups in total. The van der Waals surface area contributed by atoms with Crippen LogP contribution < -0.4 is 23.8 Å². The first kappa shape index (κ1) is 15.6. The van der Waals surface area contributed by atoms with Gasteiger partial charge in [0.2, 0.25) is 0 Å². The third-order valence-corrected chi connectivity index (χ3v) is 1.95. The number of carboxylic acid groups (broad SMARTS) is 1. The molecular formula is C11H12LiNO4. The minimum absolute atomic E-state index is 0. The molecule has 1 heterocycles. The maximum Gasteiger partial charge on any atom is 1.00 e. The van der Waals surface area contributed by atoms with Gasteiger partial charge in [0, 0.05) is 18.8 Å². The number of morpholine rings is 1. The van der Waals surface area contributed by atoms with Crippen LogP contribution in [0.3, 0.4) is 0 Å². The summed E-state index contributed by atoms with van der Waals surface area (Å²) in [5, 5.41) is 6.89. The molecule has 0 aromatic heterocycles. The van der Waals surface area contributed by atoms with Crippen molar-refractivity contribution in [3.63, 3.8) is 0 Å². The van der Waals surface area contributed by atoms with E-state index in [0.29, 0.717) is 13.2 Å². The Bertz CT molecular complexity index is 345. The Balaban J connectivity index is 0.000000583. The first-order valence-corrected chi connectivity index (χ1v) is 4.69. The quantitative estimate of drug-likeness (QED) is 0.341. The van der Waals surface area contributed by atoms with E-state index in [9.17, 15) is 4.79 Å². The largest absolute Gasteiger partial charge is 1.00 e. The molecule has 0 bridgehead atoms. The number of hydrogen-bond acceptors (Lipinski definition) is 3. The van der Waals surface area contributed by atoms with Crippen LogP contribution in [0, 0.1) is 6.61 Å². The molecule has 1 aliphatic rings. The summed E-state index contributed by atoms with van der Waals surface area (Å²) < 4.78 is 4.92. The van der Waals surface area contributed by atoms with Crippen molar-refractivity contribution in [2.24, 2.45) is 0 Å². The number of benzene rings is 1. The summed E-state index contributed by atoms with van der Waals surface area (Å²) in [7, 11) is 0. The van der Waals surface area contributed by atoms with Crippen molar-refractivity contribution in [1.29, 1.82) is 0 Å². The first-order chi connectivity index (χ1) is 7.79. The molecule has 1 amide bonds. The number of para-hydroxylation sites is 1. The Morgan fingerprint density at radius 3 is 2.47 bits per heavy atom. The van der Waals surface area contributed by atoms with Crippen molar-refractivity contribution in [2.45, 2.75) is 0 Å². The molecule has 1 aliphatic heterocycles. The smallest absolute Gasteiger partial charge is 0.523 e. The van der Waals surface area contributed by atoms with Crippen molar-refractivity contribution in [1.82, 2.24) is 0 Å². The molecule has 86 valence electrons. The van der Waals surface area contributed by atoms with Gasteiger partial charge in [-0.1, -0.05) is 18.2 Å². The molecule has 0 spiro atoms. The van der Waals surface area contributed by atoms with E-state index >= 15 is 0 Å². The zero-order chi connectivity index (χ0) is 11.8. The zero-order valence-electron chi connectivity index (χ0n) is 9.57. The van der Waals surface area contributed by atoms with E-state index in [1.54, 1.807) is 4.90 Å². The molecule has 0 unspecified atom stereocenters. The fourth-order valence-electron chi connectivity index (χ4n) is 1.31. The number of carbonyl (C=O) groups excluding carboxylic acids is 1. The molecule has 1 saturated heterocycles. The molecule has 0 saturated carbocycles. The Labute approximate surface area is 112 Å². The number of nitrogens with zero attached hydrogens (tertiary/aromatic N) is 1. The van der Waals surface area contributed by atoms with Gasteiger partial charge in [-0.25, -0.2) is 0 Å². The van der Waals surface area contributed by atoms with E-state index in [1.807, 2.05) is 30.3 Å². The second-order valence-electron chi connectivity index (χ2n) is 2.92. The maximum absolute atomic E-state index is 11.3. The van der Waals surface area contributed by atoms with E-state index in [0.717, 1.165) is 5.69 Å². The topological polar surface area (TPSA) is 66.8 Å². The second kappa shape index (κ2) is 8.71. The van der Waals surface area contributed by atoms with Crippen LogP contribution in [-0.2, 0) is 14.3 Å². The van der Waals surface area contributed by atoms with Crippen molar-refractivity contribution in [3.8, 4) is 0 Å².